The highest BCUT2D eigenvalue weighted by molar-refractivity contribution is 5.47. The van der Waals surface area contributed by atoms with E-state index in [0.29, 0.717) is 0 Å². The number of hydrogen-bond donors (Lipinski definition) is 1. The maximum absolute atomic E-state index is 6.01. The second kappa shape index (κ2) is 6.65. The summed E-state index contributed by atoms with van der Waals surface area (Å²) in [6, 6.07) is 8.81. The van der Waals surface area contributed by atoms with E-state index in [4.69, 9.17) is 5.73 Å². The van der Waals surface area contributed by atoms with Gasteiger partial charge in [0.1, 0.15) is 0 Å². The van der Waals surface area contributed by atoms with Gasteiger partial charge in [0.05, 0.1) is 0 Å². The van der Waals surface area contributed by atoms with E-state index in [9.17, 15) is 0 Å². The van der Waals surface area contributed by atoms with Gasteiger partial charge in [0.2, 0.25) is 0 Å². The molecule has 0 aliphatic rings. The molecule has 96 valence electrons. The van der Waals surface area contributed by atoms with Gasteiger partial charge in [-0.1, -0.05) is 32.9 Å². The summed E-state index contributed by atoms with van der Waals surface area (Å²) in [6.07, 6.45) is 2.22. The molecule has 2 N–H and O–H groups in total. The molecule has 0 amide bonds. The first-order chi connectivity index (χ1) is 8.04. The number of anilines is 1. The molecule has 1 atom stereocenters. The molecule has 2 heteroatoms. The van der Waals surface area contributed by atoms with Crippen LogP contribution >= 0.6 is 0 Å². The molecule has 0 aliphatic carbocycles. The van der Waals surface area contributed by atoms with Gasteiger partial charge in [-0.15, -0.1) is 0 Å². The van der Waals surface area contributed by atoms with E-state index in [2.05, 4.69) is 57.0 Å². The fourth-order valence-corrected chi connectivity index (χ4v) is 1.79. The molecule has 0 aliphatic heterocycles. The van der Waals surface area contributed by atoms with E-state index in [0.717, 1.165) is 18.9 Å². The summed E-state index contributed by atoms with van der Waals surface area (Å²) >= 11 is 0. The lowest BCUT2D eigenvalue weighted by atomic mass is 10.0. The molecular formula is C15H26N2. The van der Waals surface area contributed by atoms with Crippen LogP contribution in [0.25, 0.3) is 0 Å². The van der Waals surface area contributed by atoms with Crippen molar-refractivity contribution in [2.75, 3.05) is 18.5 Å². The molecule has 2 nitrogen and oxygen atoms in total. The first kappa shape index (κ1) is 14.0. The van der Waals surface area contributed by atoms with Crippen molar-refractivity contribution < 1.29 is 0 Å². The van der Waals surface area contributed by atoms with E-state index in [1.807, 2.05) is 0 Å². The molecule has 1 unspecified atom stereocenters. The number of hydrogen-bond acceptors (Lipinski definition) is 2. The van der Waals surface area contributed by atoms with Gasteiger partial charge < -0.3 is 10.6 Å². The average Bonchev–Trinajstić information content (AvgIpc) is 2.35. The van der Waals surface area contributed by atoms with Crippen LogP contribution in [0.2, 0.25) is 0 Å². The van der Waals surface area contributed by atoms with Crippen molar-refractivity contribution in [2.45, 2.75) is 39.7 Å². The highest BCUT2D eigenvalue weighted by Crippen LogP contribution is 2.19. The van der Waals surface area contributed by atoms with Crippen LogP contribution in [0.3, 0.4) is 0 Å². The molecule has 17 heavy (non-hydrogen) atoms. The Morgan fingerprint density at radius 3 is 2.24 bits per heavy atom. The highest BCUT2D eigenvalue weighted by Gasteiger charge is 2.05. The van der Waals surface area contributed by atoms with Gasteiger partial charge in [-0.25, -0.2) is 0 Å². The summed E-state index contributed by atoms with van der Waals surface area (Å²) < 4.78 is 0. The predicted octanol–water partition coefficient (Wildman–Crippen LogP) is 3.58. The minimum absolute atomic E-state index is 0.171. The Hall–Kier alpha value is -1.02. The molecule has 0 spiro atoms. The largest absolute Gasteiger partial charge is 0.375 e. The Kier molecular flexibility index (Phi) is 5.49. The second-order valence-corrected chi connectivity index (χ2v) is 5.21. The number of rotatable bonds is 6. The van der Waals surface area contributed by atoms with Crippen LogP contribution in [0.1, 0.15) is 45.2 Å². The van der Waals surface area contributed by atoms with E-state index in [1.54, 1.807) is 0 Å². The van der Waals surface area contributed by atoms with Crippen LogP contribution in [0, 0.1) is 5.92 Å². The third-order valence-corrected chi connectivity index (χ3v) is 3.24. The summed E-state index contributed by atoms with van der Waals surface area (Å²) in [7, 11) is 2.15. The monoisotopic (exact) mass is 234 g/mol. The maximum Gasteiger partial charge on any atom is 0.0363 e. The topological polar surface area (TPSA) is 29.3 Å². The molecule has 0 heterocycles. The van der Waals surface area contributed by atoms with Gasteiger partial charge in [0.25, 0.3) is 0 Å². The van der Waals surface area contributed by atoms with Crippen molar-refractivity contribution >= 4 is 5.69 Å². The van der Waals surface area contributed by atoms with Gasteiger partial charge in [-0.2, -0.15) is 0 Å². The van der Waals surface area contributed by atoms with Crippen LogP contribution in [-0.2, 0) is 0 Å². The van der Waals surface area contributed by atoms with Crippen molar-refractivity contribution in [3.63, 3.8) is 0 Å². The van der Waals surface area contributed by atoms with Crippen LogP contribution in [-0.4, -0.2) is 13.6 Å². The predicted molar refractivity (Wildman–Crippen MR) is 76.4 cm³/mol. The molecular weight excluding hydrogens is 208 g/mol. The Labute approximate surface area is 106 Å². The molecule has 0 fully saturated rings. The lowest BCUT2D eigenvalue weighted by Gasteiger charge is -2.21. The van der Waals surface area contributed by atoms with E-state index in [-0.39, 0.29) is 6.04 Å². The first-order valence-corrected chi connectivity index (χ1v) is 6.61. The molecule has 1 aromatic carbocycles. The SMILES string of the molecule is CCC(N)c1ccc(N(C)CCC(C)C)cc1. The normalized spacial score (nSPS) is 12.8. The van der Waals surface area contributed by atoms with Crippen LogP contribution in [0.5, 0.6) is 0 Å². The van der Waals surface area contributed by atoms with Crippen LogP contribution < -0.4 is 10.6 Å². The molecule has 1 aromatic rings. The molecule has 0 saturated heterocycles. The lowest BCUT2D eigenvalue weighted by molar-refractivity contribution is 0.585. The van der Waals surface area contributed by atoms with Gasteiger partial charge in [-0.3, -0.25) is 0 Å². The second-order valence-electron chi connectivity index (χ2n) is 5.21. The van der Waals surface area contributed by atoms with Gasteiger partial charge in [0, 0.05) is 25.3 Å². The molecule has 0 aromatic heterocycles. The number of nitrogens with zero attached hydrogens (tertiary/aromatic N) is 1. The third-order valence-electron chi connectivity index (χ3n) is 3.24. The summed E-state index contributed by atoms with van der Waals surface area (Å²) in [5.41, 5.74) is 8.51. The zero-order chi connectivity index (χ0) is 12.8. The summed E-state index contributed by atoms with van der Waals surface area (Å²) in [4.78, 5) is 2.31. The van der Waals surface area contributed by atoms with Gasteiger partial charge in [0.15, 0.2) is 0 Å². The summed E-state index contributed by atoms with van der Waals surface area (Å²) in [5, 5.41) is 0. The zero-order valence-corrected chi connectivity index (χ0v) is 11.6. The Morgan fingerprint density at radius 1 is 1.18 bits per heavy atom. The van der Waals surface area contributed by atoms with Crippen LogP contribution in [0.4, 0.5) is 5.69 Å². The average molecular weight is 234 g/mol. The summed E-state index contributed by atoms with van der Waals surface area (Å²) in [5.74, 6) is 0.755. The fourth-order valence-electron chi connectivity index (χ4n) is 1.79. The van der Waals surface area contributed by atoms with Crippen LogP contribution in [0.15, 0.2) is 24.3 Å². The molecule has 0 bridgehead atoms. The van der Waals surface area contributed by atoms with E-state index >= 15 is 0 Å². The smallest absolute Gasteiger partial charge is 0.0363 e. The van der Waals surface area contributed by atoms with Gasteiger partial charge >= 0.3 is 0 Å². The highest BCUT2D eigenvalue weighted by atomic mass is 15.1. The third kappa shape index (κ3) is 4.39. The minimum Gasteiger partial charge on any atom is -0.375 e. The Balaban J connectivity index is 2.60. The molecule has 0 radical (unpaired) electrons. The Bertz CT molecular complexity index is 316. The standard InChI is InChI=1S/C15H26N2/c1-5-15(16)13-6-8-14(9-7-13)17(4)11-10-12(2)3/h6-9,12,15H,5,10-11,16H2,1-4H3. The van der Waals surface area contributed by atoms with Crippen molar-refractivity contribution in [3.05, 3.63) is 29.8 Å². The summed E-state index contributed by atoms with van der Waals surface area (Å²) in [6.45, 7) is 7.75. The fraction of sp³-hybridized carbons (Fsp3) is 0.600. The van der Waals surface area contributed by atoms with E-state index < -0.39 is 0 Å². The number of nitrogens with two attached hydrogens (primary N) is 1. The Morgan fingerprint density at radius 2 is 1.76 bits per heavy atom. The quantitative estimate of drug-likeness (QED) is 0.815. The van der Waals surface area contributed by atoms with Crippen molar-refractivity contribution in [1.82, 2.24) is 0 Å². The van der Waals surface area contributed by atoms with Gasteiger partial charge in [-0.05, 0) is 36.5 Å². The van der Waals surface area contributed by atoms with Crippen molar-refractivity contribution in [2.24, 2.45) is 11.7 Å². The van der Waals surface area contributed by atoms with Crippen molar-refractivity contribution in [3.8, 4) is 0 Å². The molecule has 1 rings (SSSR count). The van der Waals surface area contributed by atoms with Crippen molar-refractivity contribution in [1.29, 1.82) is 0 Å². The zero-order valence-electron chi connectivity index (χ0n) is 11.6. The van der Waals surface area contributed by atoms with E-state index in [1.165, 1.54) is 17.7 Å². The molecule has 0 saturated carbocycles. The lowest BCUT2D eigenvalue weighted by Crippen LogP contribution is -2.20. The first-order valence-electron chi connectivity index (χ1n) is 6.61. The number of benzene rings is 1. The maximum atomic E-state index is 6.01. The minimum atomic E-state index is 0.171.